The van der Waals surface area contributed by atoms with Gasteiger partial charge in [0.2, 0.25) is 0 Å². The molecule has 1 fully saturated rings. The second-order valence-electron chi connectivity index (χ2n) is 7.06. The number of aromatic nitrogens is 2. The van der Waals surface area contributed by atoms with Crippen molar-refractivity contribution in [3.8, 4) is 5.69 Å². The van der Waals surface area contributed by atoms with Crippen molar-refractivity contribution in [1.82, 2.24) is 19.6 Å². The summed E-state index contributed by atoms with van der Waals surface area (Å²) < 4.78 is 1.75. The molecule has 1 saturated heterocycles. The van der Waals surface area contributed by atoms with Crippen LogP contribution >= 0.6 is 11.6 Å². The zero-order valence-electron chi connectivity index (χ0n) is 15.7. The van der Waals surface area contributed by atoms with Crippen molar-refractivity contribution in [2.45, 2.75) is 13.0 Å². The van der Waals surface area contributed by atoms with Crippen molar-refractivity contribution in [3.05, 3.63) is 83.1 Å². The first kappa shape index (κ1) is 18.7. The standard InChI is InChI=1S/C22H23ClN4O/c23-20-9-7-18(8-10-20)16-25-11-4-12-26(14-13-25)22(28)19-15-24-27(17-19)21-5-2-1-3-6-21/h1-3,5-10,15,17H,4,11-14,16H2. The lowest BCUT2D eigenvalue weighted by atomic mass is 10.2. The Bertz CT molecular complexity index is 923. The van der Waals surface area contributed by atoms with Crippen LogP contribution in [0.5, 0.6) is 0 Å². The summed E-state index contributed by atoms with van der Waals surface area (Å²) in [5, 5.41) is 5.11. The van der Waals surface area contributed by atoms with Crippen LogP contribution in [0.1, 0.15) is 22.3 Å². The molecule has 3 aromatic rings. The minimum absolute atomic E-state index is 0.0514. The molecule has 6 heteroatoms. The SMILES string of the molecule is O=C(c1cnn(-c2ccccc2)c1)N1CCCN(Cc2ccc(Cl)cc2)CC1. The first-order chi connectivity index (χ1) is 13.7. The van der Waals surface area contributed by atoms with Crippen molar-refractivity contribution in [2.24, 2.45) is 0 Å². The average Bonchev–Trinajstić information content (AvgIpc) is 3.11. The Morgan fingerprint density at radius 2 is 1.75 bits per heavy atom. The lowest BCUT2D eigenvalue weighted by Gasteiger charge is -2.21. The molecule has 1 aliphatic heterocycles. The number of amides is 1. The Balaban J connectivity index is 1.38. The Kier molecular flexibility index (Phi) is 5.74. The predicted octanol–water partition coefficient (Wildman–Crippen LogP) is 3.87. The third-order valence-corrected chi connectivity index (χ3v) is 5.30. The third-order valence-electron chi connectivity index (χ3n) is 5.05. The van der Waals surface area contributed by atoms with Gasteiger partial charge in [-0.15, -0.1) is 0 Å². The van der Waals surface area contributed by atoms with Crippen molar-refractivity contribution < 1.29 is 4.79 Å². The van der Waals surface area contributed by atoms with Crippen molar-refractivity contribution in [2.75, 3.05) is 26.2 Å². The number of nitrogens with zero attached hydrogens (tertiary/aromatic N) is 4. The van der Waals surface area contributed by atoms with Crippen LogP contribution in [0.4, 0.5) is 0 Å². The van der Waals surface area contributed by atoms with Crippen molar-refractivity contribution in [1.29, 1.82) is 0 Å². The van der Waals surface area contributed by atoms with Crippen LogP contribution in [0.25, 0.3) is 5.69 Å². The quantitative estimate of drug-likeness (QED) is 0.674. The maximum absolute atomic E-state index is 12.9. The molecule has 5 nitrogen and oxygen atoms in total. The molecule has 0 unspecified atom stereocenters. The van der Waals surface area contributed by atoms with Gasteiger partial charge in [-0.05, 0) is 36.2 Å². The zero-order valence-corrected chi connectivity index (χ0v) is 16.4. The van der Waals surface area contributed by atoms with Gasteiger partial charge in [-0.2, -0.15) is 5.10 Å². The maximum Gasteiger partial charge on any atom is 0.257 e. The Labute approximate surface area is 170 Å². The highest BCUT2D eigenvalue weighted by Crippen LogP contribution is 2.15. The molecule has 1 aromatic heterocycles. The highest BCUT2D eigenvalue weighted by molar-refractivity contribution is 6.30. The summed E-state index contributed by atoms with van der Waals surface area (Å²) in [4.78, 5) is 17.3. The Morgan fingerprint density at radius 1 is 0.964 bits per heavy atom. The lowest BCUT2D eigenvalue weighted by molar-refractivity contribution is 0.0761. The van der Waals surface area contributed by atoms with E-state index >= 15 is 0 Å². The van der Waals surface area contributed by atoms with Crippen molar-refractivity contribution in [3.63, 3.8) is 0 Å². The first-order valence-corrected chi connectivity index (χ1v) is 9.93. The van der Waals surface area contributed by atoms with Crippen LogP contribution < -0.4 is 0 Å². The molecular formula is C22H23ClN4O. The van der Waals surface area contributed by atoms with Gasteiger partial charge in [-0.3, -0.25) is 9.69 Å². The Morgan fingerprint density at radius 3 is 2.54 bits per heavy atom. The normalized spacial score (nSPS) is 15.4. The Hall–Kier alpha value is -2.63. The summed E-state index contributed by atoms with van der Waals surface area (Å²) in [5.74, 6) is 0.0514. The van der Waals surface area contributed by atoms with Gasteiger partial charge in [0, 0.05) is 43.9 Å². The lowest BCUT2D eigenvalue weighted by Crippen LogP contribution is -2.35. The molecule has 2 heterocycles. The monoisotopic (exact) mass is 394 g/mol. The second kappa shape index (κ2) is 8.59. The van der Waals surface area contributed by atoms with Crippen LogP contribution in [-0.4, -0.2) is 51.7 Å². The summed E-state index contributed by atoms with van der Waals surface area (Å²) in [7, 11) is 0. The molecule has 0 N–H and O–H groups in total. The number of carbonyl (C=O) groups excluding carboxylic acids is 1. The molecule has 28 heavy (non-hydrogen) atoms. The summed E-state index contributed by atoms with van der Waals surface area (Å²) in [5.41, 5.74) is 2.83. The first-order valence-electron chi connectivity index (χ1n) is 9.55. The van der Waals surface area contributed by atoms with Gasteiger partial charge in [0.1, 0.15) is 0 Å². The van der Waals surface area contributed by atoms with E-state index in [1.807, 2.05) is 53.6 Å². The summed E-state index contributed by atoms with van der Waals surface area (Å²) in [6.45, 7) is 4.22. The van der Waals surface area contributed by atoms with E-state index in [1.54, 1.807) is 10.9 Å². The molecule has 2 aromatic carbocycles. The van der Waals surface area contributed by atoms with Gasteiger partial charge in [0.15, 0.2) is 0 Å². The topological polar surface area (TPSA) is 41.4 Å². The van der Waals surface area contributed by atoms with E-state index in [0.717, 1.165) is 49.9 Å². The smallest absolute Gasteiger partial charge is 0.257 e. The second-order valence-corrected chi connectivity index (χ2v) is 7.49. The minimum atomic E-state index is 0.0514. The van der Waals surface area contributed by atoms with E-state index in [2.05, 4.69) is 22.1 Å². The zero-order chi connectivity index (χ0) is 19.3. The largest absolute Gasteiger partial charge is 0.337 e. The molecule has 144 valence electrons. The number of carbonyl (C=O) groups is 1. The van der Waals surface area contributed by atoms with E-state index in [9.17, 15) is 4.79 Å². The summed E-state index contributed by atoms with van der Waals surface area (Å²) in [6, 6.07) is 17.8. The molecule has 0 bridgehead atoms. The van der Waals surface area contributed by atoms with Gasteiger partial charge in [-0.1, -0.05) is 41.9 Å². The summed E-state index contributed by atoms with van der Waals surface area (Å²) >= 11 is 5.97. The van der Waals surface area contributed by atoms with Gasteiger partial charge < -0.3 is 4.90 Å². The van der Waals surface area contributed by atoms with Crippen molar-refractivity contribution >= 4 is 17.5 Å². The highest BCUT2D eigenvalue weighted by Gasteiger charge is 2.21. The molecule has 0 saturated carbocycles. The highest BCUT2D eigenvalue weighted by atomic mass is 35.5. The minimum Gasteiger partial charge on any atom is -0.337 e. The fraction of sp³-hybridized carbons (Fsp3) is 0.273. The maximum atomic E-state index is 12.9. The molecule has 0 spiro atoms. The number of para-hydroxylation sites is 1. The molecule has 1 amide bonds. The third kappa shape index (κ3) is 4.43. The van der Waals surface area contributed by atoms with E-state index in [1.165, 1.54) is 5.56 Å². The van der Waals surface area contributed by atoms with Gasteiger partial charge in [-0.25, -0.2) is 4.68 Å². The predicted molar refractivity (Wildman–Crippen MR) is 111 cm³/mol. The fourth-order valence-electron chi connectivity index (χ4n) is 3.52. The van der Waals surface area contributed by atoms with E-state index in [0.29, 0.717) is 5.56 Å². The summed E-state index contributed by atoms with van der Waals surface area (Å²) in [6.07, 6.45) is 4.44. The molecule has 4 rings (SSSR count). The molecule has 1 aliphatic rings. The van der Waals surface area contributed by atoms with Crippen LogP contribution in [-0.2, 0) is 6.54 Å². The van der Waals surface area contributed by atoms with Gasteiger partial charge in [0.05, 0.1) is 17.4 Å². The number of halogens is 1. The molecule has 0 atom stereocenters. The van der Waals surface area contributed by atoms with Crippen LogP contribution in [0.15, 0.2) is 67.0 Å². The van der Waals surface area contributed by atoms with E-state index < -0.39 is 0 Å². The average molecular weight is 395 g/mol. The van der Waals surface area contributed by atoms with E-state index in [-0.39, 0.29) is 5.91 Å². The van der Waals surface area contributed by atoms with Gasteiger partial charge in [0.25, 0.3) is 5.91 Å². The molecular weight excluding hydrogens is 372 g/mol. The van der Waals surface area contributed by atoms with Crippen LogP contribution in [0, 0.1) is 0 Å². The molecule has 0 aliphatic carbocycles. The number of hydrogen-bond acceptors (Lipinski definition) is 3. The van der Waals surface area contributed by atoms with Gasteiger partial charge >= 0.3 is 0 Å². The van der Waals surface area contributed by atoms with E-state index in [4.69, 9.17) is 11.6 Å². The fourth-order valence-corrected chi connectivity index (χ4v) is 3.64. The van der Waals surface area contributed by atoms with Crippen LogP contribution in [0.2, 0.25) is 5.02 Å². The number of benzene rings is 2. The number of rotatable bonds is 4. The molecule has 0 radical (unpaired) electrons. The van der Waals surface area contributed by atoms with Crippen LogP contribution in [0.3, 0.4) is 0 Å². The number of hydrogen-bond donors (Lipinski definition) is 0.